The second-order valence-corrected chi connectivity index (χ2v) is 4.00. The van der Waals surface area contributed by atoms with Crippen molar-refractivity contribution in [2.45, 2.75) is 0 Å². The van der Waals surface area contributed by atoms with Crippen molar-refractivity contribution in [2.75, 3.05) is 5.32 Å². The molecule has 0 bridgehead atoms. The fourth-order valence-corrected chi connectivity index (χ4v) is 1.58. The summed E-state index contributed by atoms with van der Waals surface area (Å²) in [6, 6.07) is 8.79. The molecule has 6 heteroatoms. The molecule has 0 spiro atoms. The molecular weight excluding hydrogens is 265 g/mol. The van der Waals surface area contributed by atoms with Crippen LogP contribution >= 0.6 is 0 Å². The molecule has 5 nitrogen and oxygen atoms in total. The van der Waals surface area contributed by atoms with E-state index >= 15 is 0 Å². The molecule has 0 aromatic heterocycles. The maximum Gasteiger partial charge on any atom is 0.338 e. The van der Waals surface area contributed by atoms with Gasteiger partial charge >= 0.3 is 5.97 Å². The second-order valence-electron chi connectivity index (χ2n) is 4.00. The number of phenols is 1. The molecule has 1 amide bonds. The number of aromatic hydroxyl groups is 1. The molecule has 0 aliphatic rings. The topological polar surface area (TPSA) is 86.6 Å². The SMILES string of the molecule is O=C(Nc1ccc(F)c(C(=O)O)c1)c1ccc(O)cc1. The van der Waals surface area contributed by atoms with Crippen LogP contribution in [0, 0.1) is 5.82 Å². The van der Waals surface area contributed by atoms with E-state index in [0.29, 0.717) is 0 Å². The molecule has 0 fully saturated rings. The van der Waals surface area contributed by atoms with Crippen LogP contribution in [-0.4, -0.2) is 22.1 Å². The first kappa shape index (κ1) is 13.5. The number of phenolic OH excluding ortho intramolecular Hbond substituents is 1. The molecule has 2 aromatic rings. The molecule has 20 heavy (non-hydrogen) atoms. The Kier molecular flexibility index (Phi) is 3.65. The van der Waals surface area contributed by atoms with Crippen LogP contribution in [0.25, 0.3) is 0 Å². The molecule has 0 radical (unpaired) electrons. The number of aromatic carboxylic acids is 1. The van der Waals surface area contributed by atoms with Crippen LogP contribution in [0.15, 0.2) is 42.5 Å². The highest BCUT2D eigenvalue weighted by molar-refractivity contribution is 6.04. The van der Waals surface area contributed by atoms with Crippen LogP contribution in [0.3, 0.4) is 0 Å². The van der Waals surface area contributed by atoms with Crippen molar-refractivity contribution >= 4 is 17.6 Å². The minimum atomic E-state index is -1.41. The van der Waals surface area contributed by atoms with Gasteiger partial charge in [0.15, 0.2) is 0 Å². The van der Waals surface area contributed by atoms with E-state index in [9.17, 15) is 14.0 Å². The van der Waals surface area contributed by atoms with E-state index in [2.05, 4.69) is 5.32 Å². The number of amides is 1. The Labute approximate surface area is 113 Å². The first-order valence-corrected chi connectivity index (χ1v) is 5.60. The summed E-state index contributed by atoms with van der Waals surface area (Å²) in [5, 5.41) is 20.4. The van der Waals surface area contributed by atoms with Crippen LogP contribution in [0.5, 0.6) is 5.75 Å². The van der Waals surface area contributed by atoms with Gasteiger partial charge in [-0.2, -0.15) is 0 Å². The summed E-state index contributed by atoms with van der Waals surface area (Å²) < 4.78 is 13.2. The van der Waals surface area contributed by atoms with Crippen LogP contribution in [0.1, 0.15) is 20.7 Å². The number of anilines is 1. The average Bonchev–Trinajstić information content (AvgIpc) is 2.41. The first-order valence-electron chi connectivity index (χ1n) is 5.60. The Bertz CT molecular complexity index is 667. The number of carbonyl (C=O) groups is 2. The maximum atomic E-state index is 13.2. The third-order valence-electron chi connectivity index (χ3n) is 2.58. The number of halogens is 1. The van der Waals surface area contributed by atoms with Crippen LogP contribution in [0.4, 0.5) is 10.1 Å². The summed E-state index contributed by atoms with van der Waals surface area (Å²) in [7, 11) is 0. The van der Waals surface area contributed by atoms with Gasteiger partial charge in [0.05, 0.1) is 5.56 Å². The van der Waals surface area contributed by atoms with Crippen molar-refractivity contribution < 1.29 is 24.2 Å². The van der Waals surface area contributed by atoms with E-state index in [1.54, 1.807) is 0 Å². The monoisotopic (exact) mass is 275 g/mol. The molecular formula is C14H10FNO4. The van der Waals surface area contributed by atoms with Gasteiger partial charge in [-0.1, -0.05) is 0 Å². The van der Waals surface area contributed by atoms with Crippen molar-refractivity contribution in [1.29, 1.82) is 0 Å². The lowest BCUT2D eigenvalue weighted by Crippen LogP contribution is -2.12. The summed E-state index contributed by atoms with van der Waals surface area (Å²) in [6.07, 6.45) is 0. The number of benzene rings is 2. The molecule has 102 valence electrons. The van der Waals surface area contributed by atoms with Gasteiger partial charge in [-0.15, -0.1) is 0 Å². The van der Waals surface area contributed by atoms with E-state index in [4.69, 9.17) is 10.2 Å². The van der Waals surface area contributed by atoms with Crippen molar-refractivity contribution in [1.82, 2.24) is 0 Å². The summed E-state index contributed by atoms with van der Waals surface area (Å²) in [6.45, 7) is 0. The molecule has 0 unspecified atom stereocenters. The Hall–Kier alpha value is -2.89. The van der Waals surface area contributed by atoms with Crippen LogP contribution in [-0.2, 0) is 0 Å². The summed E-state index contributed by atoms with van der Waals surface area (Å²) in [5.74, 6) is -2.76. The number of nitrogens with one attached hydrogen (secondary N) is 1. The van der Waals surface area contributed by atoms with Crippen molar-refractivity contribution in [2.24, 2.45) is 0 Å². The highest BCUT2D eigenvalue weighted by Gasteiger charge is 2.12. The smallest absolute Gasteiger partial charge is 0.338 e. The molecule has 0 aliphatic heterocycles. The zero-order valence-electron chi connectivity index (χ0n) is 10.1. The molecule has 0 atom stereocenters. The molecule has 0 saturated carbocycles. The largest absolute Gasteiger partial charge is 0.508 e. The Morgan fingerprint density at radius 3 is 2.30 bits per heavy atom. The summed E-state index contributed by atoms with van der Waals surface area (Å²) in [4.78, 5) is 22.6. The van der Waals surface area contributed by atoms with Crippen LogP contribution < -0.4 is 5.32 Å². The fraction of sp³-hybridized carbons (Fsp3) is 0. The lowest BCUT2D eigenvalue weighted by atomic mass is 10.1. The lowest BCUT2D eigenvalue weighted by molar-refractivity contribution is 0.0691. The van der Waals surface area contributed by atoms with E-state index < -0.39 is 23.3 Å². The number of carbonyl (C=O) groups excluding carboxylic acids is 1. The van der Waals surface area contributed by atoms with Crippen molar-refractivity contribution in [3.63, 3.8) is 0 Å². The van der Waals surface area contributed by atoms with Crippen molar-refractivity contribution in [3.8, 4) is 5.75 Å². The minimum Gasteiger partial charge on any atom is -0.508 e. The van der Waals surface area contributed by atoms with E-state index in [1.807, 2.05) is 0 Å². The van der Waals surface area contributed by atoms with Gasteiger partial charge in [-0.3, -0.25) is 4.79 Å². The summed E-state index contributed by atoms with van der Waals surface area (Å²) >= 11 is 0. The minimum absolute atomic E-state index is 0.0245. The predicted octanol–water partition coefficient (Wildman–Crippen LogP) is 2.48. The number of hydrogen-bond acceptors (Lipinski definition) is 3. The second kappa shape index (κ2) is 5.40. The molecule has 2 rings (SSSR count). The van der Waals surface area contributed by atoms with Gasteiger partial charge in [-0.05, 0) is 42.5 Å². The Morgan fingerprint density at radius 2 is 1.70 bits per heavy atom. The van der Waals surface area contributed by atoms with Gasteiger partial charge < -0.3 is 15.5 Å². The van der Waals surface area contributed by atoms with E-state index in [1.165, 1.54) is 30.3 Å². The molecule has 0 heterocycles. The Balaban J connectivity index is 2.21. The first-order chi connectivity index (χ1) is 9.47. The average molecular weight is 275 g/mol. The quantitative estimate of drug-likeness (QED) is 0.803. The Morgan fingerprint density at radius 1 is 1.05 bits per heavy atom. The van der Waals surface area contributed by atoms with Gasteiger partial charge in [-0.25, -0.2) is 9.18 Å². The van der Waals surface area contributed by atoms with Crippen LogP contribution in [0.2, 0.25) is 0 Å². The third-order valence-corrected chi connectivity index (χ3v) is 2.58. The lowest BCUT2D eigenvalue weighted by Gasteiger charge is -2.07. The highest BCUT2D eigenvalue weighted by Crippen LogP contribution is 2.16. The zero-order valence-corrected chi connectivity index (χ0v) is 10.1. The molecule has 2 aromatic carbocycles. The predicted molar refractivity (Wildman–Crippen MR) is 69.4 cm³/mol. The molecule has 3 N–H and O–H groups in total. The highest BCUT2D eigenvalue weighted by atomic mass is 19.1. The molecule has 0 saturated heterocycles. The normalized spacial score (nSPS) is 10.1. The fourth-order valence-electron chi connectivity index (χ4n) is 1.58. The standard InChI is InChI=1S/C14H10FNO4/c15-12-6-3-9(7-11(12)14(19)20)16-13(18)8-1-4-10(17)5-2-8/h1-7,17H,(H,16,18)(H,19,20). The number of rotatable bonds is 3. The van der Waals surface area contributed by atoms with E-state index in [0.717, 1.165) is 12.1 Å². The number of carboxylic acid groups (broad SMARTS) is 1. The number of hydrogen-bond donors (Lipinski definition) is 3. The maximum absolute atomic E-state index is 13.2. The summed E-state index contributed by atoms with van der Waals surface area (Å²) in [5.41, 5.74) is -0.0700. The van der Waals surface area contributed by atoms with Gasteiger partial charge in [0.25, 0.3) is 5.91 Å². The molecule has 0 aliphatic carbocycles. The number of carboxylic acids is 1. The van der Waals surface area contributed by atoms with Crippen molar-refractivity contribution in [3.05, 3.63) is 59.4 Å². The zero-order chi connectivity index (χ0) is 14.7. The van der Waals surface area contributed by atoms with Gasteiger partial charge in [0, 0.05) is 11.3 Å². The van der Waals surface area contributed by atoms with Gasteiger partial charge in [0.2, 0.25) is 0 Å². The van der Waals surface area contributed by atoms with Gasteiger partial charge in [0.1, 0.15) is 11.6 Å². The third kappa shape index (κ3) is 2.92. The van der Waals surface area contributed by atoms with E-state index in [-0.39, 0.29) is 17.0 Å².